The van der Waals surface area contributed by atoms with Crippen molar-refractivity contribution in [2.75, 3.05) is 0 Å². The van der Waals surface area contributed by atoms with Gasteiger partial charge in [0.1, 0.15) is 0 Å². The molecule has 0 saturated heterocycles. The fourth-order valence-corrected chi connectivity index (χ4v) is 0.752. The van der Waals surface area contributed by atoms with Gasteiger partial charge in [-0.2, -0.15) is 0 Å². The van der Waals surface area contributed by atoms with Crippen molar-refractivity contribution in [2.24, 2.45) is 0 Å². The Kier molecular flexibility index (Phi) is 2.15. The SMILES string of the molecule is O=S=Cc1cccnc1. The van der Waals surface area contributed by atoms with Crippen molar-refractivity contribution in [3.05, 3.63) is 30.1 Å². The van der Waals surface area contributed by atoms with Gasteiger partial charge in [0.05, 0.1) is 11.3 Å². The van der Waals surface area contributed by atoms with Gasteiger partial charge in [-0.05, 0) is 6.07 Å². The molecule has 3 heteroatoms. The lowest BCUT2D eigenvalue weighted by Crippen LogP contribution is -1.78. The molecular weight excluding hydrogens is 134 g/mol. The molecule has 0 radical (unpaired) electrons. The second-order valence-corrected chi connectivity index (χ2v) is 1.93. The highest BCUT2D eigenvalue weighted by atomic mass is 32.1. The Balaban J connectivity index is 2.97. The minimum Gasteiger partial charge on any atom is -0.264 e. The zero-order valence-electron chi connectivity index (χ0n) is 4.65. The molecule has 0 aromatic carbocycles. The summed E-state index contributed by atoms with van der Waals surface area (Å²) in [6.07, 6.45) is 3.32. The second kappa shape index (κ2) is 3.14. The van der Waals surface area contributed by atoms with Gasteiger partial charge in [0.25, 0.3) is 0 Å². The van der Waals surface area contributed by atoms with Gasteiger partial charge < -0.3 is 0 Å². The molecule has 0 aliphatic heterocycles. The van der Waals surface area contributed by atoms with Crippen molar-refractivity contribution in [3.63, 3.8) is 0 Å². The summed E-state index contributed by atoms with van der Waals surface area (Å²) in [5, 5.41) is 1.51. The van der Waals surface area contributed by atoms with Crippen LogP contribution in [-0.2, 0) is 11.3 Å². The molecule has 0 amide bonds. The monoisotopic (exact) mass is 139 g/mol. The second-order valence-electron chi connectivity index (χ2n) is 1.50. The third kappa shape index (κ3) is 1.77. The molecule has 0 spiro atoms. The first-order valence-corrected chi connectivity index (χ1v) is 3.26. The molecule has 0 atom stereocenters. The third-order valence-corrected chi connectivity index (χ3v) is 1.24. The molecule has 0 saturated carbocycles. The highest BCUT2D eigenvalue weighted by Gasteiger charge is 1.80. The molecule has 0 aliphatic rings. The van der Waals surface area contributed by atoms with Crippen LogP contribution in [0, 0.1) is 0 Å². The Morgan fingerprint density at radius 3 is 3.11 bits per heavy atom. The molecule has 0 fully saturated rings. The van der Waals surface area contributed by atoms with E-state index in [1.165, 1.54) is 5.37 Å². The molecule has 9 heavy (non-hydrogen) atoms. The maximum Gasteiger partial charge on any atom is 0.0892 e. The third-order valence-electron chi connectivity index (χ3n) is 0.869. The number of hydrogen-bond donors (Lipinski definition) is 0. The van der Waals surface area contributed by atoms with Crippen molar-refractivity contribution in [3.8, 4) is 0 Å². The van der Waals surface area contributed by atoms with E-state index in [-0.39, 0.29) is 0 Å². The first-order chi connectivity index (χ1) is 4.43. The molecule has 1 heterocycles. The van der Waals surface area contributed by atoms with Crippen LogP contribution in [0.2, 0.25) is 0 Å². The summed E-state index contributed by atoms with van der Waals surface area (Å²) in [5.41, 5.74) is 0.859. The highest BCUT2D eigenvalue weighted by Crippen LogP contribution is 1.87. The van der Waals surface area contributed by atoms with Crippen LogP contribution >= 0.6 is 0 Å². The molecule has 0 bridgehead atoms. The predicted molar refractivity (Wildman–Crippen MR) is 37.5 cm³/mol. The Labute approximate surface area is 56.6 Å². The quantitative estimate of drug-likeness (QED) is 0.528. The predicted octanol–water partition coefficient (Wildman–Crippen LogP) is 0.445. The summed E-state index contributed by atoms with van der Waals surface area (Å²) in [6, 6.07) is 3.62. The summed E-state index contributed by atoms with van der Waals surface area (Å²) in [5.74, 6) is 0. The Morgan fingerprint density at radius 2 is 2.56 bits per heavy atom. The Bertz CT molecular complexity index is 228. The van der Waals surface area contributed by atoms with Crippen LogP contribution in [0.25, 0.3) is 0 Å². The highest BCUT2D eigenvalue weighted by molar-refractivity contribution is 7.65. The minimum absolute atomic E-state index is 0.440. The van der Waals surface area contributed by atoms with E-state index in [1.807, 2.05) is 6.07 Å². The van der Waals surface area contributed by atoms with Crippen LogP contribution in [0.15, 0.2) is 24.5 Å². The fraction of sp³-hybridized carbons (Fsp3) is 0. The van der Waals surface area contributed by atoms with Crippen LogP contribution in [0.5, 0.6) is 0 Å². The average molecular weight is 139 g/mol. The summed E-state index contributed by atoms with van der Waals surface area (Å²) in [6.45, 7) is 0. The molecule has 1 aromatic rings. The van der Waals surface area contributed by atoms with E-state index >= 15 is 0 Å². The van der Waals surface area contributed by atoms with Crippen molar-refractivity contribution in [2.45, 2.75) is 0 Å². The minimum atomic E-state index is 0.440. The summed E-state index contributed by atoms with van der Waals surface area (Å²) in [7, 11) is 0. The van der Waals surface area contributed by atoms with Gasteiger partial charge in [-0.25, -0.2) is 4.21 Å². The molecule has 46 valence electrons. The molecule has 0 aliphatic carbocycles. The molecule has 1 aromatic heterocycles. The van der Waals surface area contributed by atoms with Crippen molar-refractivity contribution < 1.29 is 4.21 Å². The van der Waals surface area contributed by atoms with Gasteiger partial charge in [-0.15, -0.1) is 0 Å². The van der Waals surface area contributed by atoms with Gasteiger partial charge in [0.15, 0.2) is 0 Å². The van der Waals surface area contributed by atoms with Crippen molar-refractivity contribution in [1.29, 1.82) is 0 Å². The topological polar surface area (TPSA) is 30.0 Å². The fourth-order valence-electron chi connectivity index (χ4n) is 0.501. The maximum absolute atomic E-state index is 9.93. The van der Waals surface area contributed by atoms with Crippen LogP contribution in [-0.4, -0.2) is 14.6 Å². The zero-order valence-corrected chi connectivity index (χ0v) is 5.47. The van der Waals surface area contributed by atoms with Gasteiger partial charge in [0.2, 0.25) is 0 Å². The van der Waals surface area contributed by atoms with Gasteiger partial charge >= 0.3 is 0 Å². The summed E-state index contributed by atoms with van der Waals surface area (Å²) >= 11 is 0.440. The van der Waals surface area contributed by atoms with E-state index in [4.69, 9.17) is 0 Å². The van der Waals surface area contributed by atoms with Crippen molar-refractivity contribution in [1.82, 2.24) is 4.98 Å². The summed E-state index contributed by atoms with van der Waals surface area (Å²) in [4.78, 5) is 3.82. The van der Waals surface area contributed by atoms with Gasteiger partial charge in [0, 0.05) is 23.3 Å². The first-order valence-electron chi connectivity index (χ1n) is 2.45. The largest absolute Gasteiger partial charge is 0.264 e. The van der Waals surface area contributed by atoms with Crippen LogP contribution in [0.1, 0.15) is 5.56 Å². The molecule has 0 N–H and O–H groups in total. The van der Waals surface area contributed by atoms with Gasteiger partial charge in [-0.1, -0.05) is 6.07 Å². The van der Waals surface area contributed by atoms with E-state index in [0.717, 1.165) is 5.56 Å². The standard InChI is InChI=1S/C6H5NOS/c8-9-5-6-2-1-3-7-4-6/h1-5H. The summed E-state index contributed by atoms with van der Waals surface area (Å²) < 4.78 is 9.93. The molecule has 1 rings (SSSR count). The van der Waals surface area contributed by atoms with Crippen LogP contribution in [0.3, 0.4) is 0 Å². The maximum atomic E-state index is 9.93. The number of nitrogens with zero attached hydrogens (tertiary/aromatic N) is 1. The van der Waals surface area contributed by atoms with E-state index < -0.39 is 0 Å². The van der Waals surface area contributed by atoms with Crippen LogP contribution in [0.4, 0.5) is 0 Å². The van der Waals surface area contributed by atoms with Gasteiger partial charge in [-0.3, -0.25) is 4.98 Å². The van der Waals surface area contributed by atoms with E-state index in [9.17, 15) is 4.21 Å². The lowest BCUT2D eigenvalue weighted by molar-refractivity contribution is 0.701. The first kappa shape index (κ1) is 6.16. The molecule has 0 unspecified atom stereocenters. The van der Waals surface area contributed by atoms with E-state index in [0.29, 0.717) is 11.3 Å². The Hall–Kier alpha value is -0.960. The van der Waals surface area contributed by atoms with Crippen LogP contribution < -0.4 is 0 Å². The lowest BCUT2D eigenvalue weighted by atomic mass is 10.3. The zero-order chi connectivity index (χ0) is 6.53. The van der Waals surface area contributed by atoms with Crippen molar-refractivity contribution >= 4 is 16.6 Å². The normalized spacial score (nSPS) is 8.44. The lowest BCUT2D eigenvalue weighted by Gasteiger charge is -1.83. The molecule has 2 nitrogen and oxygen atoms in total. The number of pyridine rings is 1. The van der Waals surface area contributed by atoms with E-state index in [2.05, 4.69) is 4.98 Å². The average Bonchev–Trinajstić information content (AvgIpc) is 1.91. The number of hydrogen-bond acceptors (Lipinski definition) is 2. The number of rotatable bonds is 1. The van der Waals surface area contributed by atoms with E-state index in [1.54, 1.807) is 18.5 Å². The molecular formula is C6H5NOS. The number of aromatic nitrogens is 1. The smallest absolute Gasteiger partial charge is 0.0892 e. The Morgan fingerprint density at radius 1 is 1.67 bits per heavy atom.